The van der Waals surface area contributed by atoms with Crippen LogP contribution in [0.5, 0.6) is 0 Å². The van der Waals surface area contributed by atoms with Crippen LogP contribution in [0, 0.1) is 11.8 Å². The predicted octanol–water partition coefficient (Wildman–Crippen LogP) is 1.15. The van der Waals surface area contributed by atoms with Crippen LogP contribution in [0.1, 0.15) is 0 Å². The van der Waals surface area contributed by atoms with Crippen LogP contribution in [0.15, 0.2) is 24.5 Å². The molecular formula is C5H6N2. The summed E-state index contributed by atoms with van der Waals surface area (Å²) >= 11 is 0. The molecule has 1 N–H and O–H groups in total. The number of nitrogens with one attached hydrogen (secondary N) is 1. The Hall–Kier alpha value is -1.23. The zero-order valence-electron chi connectivity index (χ0n) is 3.83. The monoisotopic (exact) mass is 94.1 g/mol. The third-order valence-electron chi connectivity index (χ3n) is 0.496. The number of aromatic nitrogens is 1. The summed E-state index contributed by atoms with van der Waals surface area (Å²) in [6.07, 6.45) is 3.75. The van der Waals surface area contributed by atoms with Crippen LogP contribution in [0.4, 0.5) is 0 Å². The van der Waals surface area contributed by atoms with E-state index in [-0.39, 0.29) is 0 Å². The van der Waals surface area contributed by atoms with Gasteiger partial charge < -0.3 is 4.98 Å². The number of rotatable bonds is 0. The van der Waals surface area contributed by atoms with Gasteiger partial charge in [0.1, 0.15) is 0 Å². The molecule has 36 valence electrons. The second-order valence-electron chi connectivity index (χ2n) is 0.885. The summed E-state index contributed by atoms with van der Waals surface area (Å²) in [6.45, 7) is 3.50. The molecule has 0 aromatic carbocycles. The lowest BCUT2D eigenvalue weighted by atomic mass is 10.7. The number of hydrogen-bond donors (Lipinski definition) is 1. The number of H-pyrrole nitrogens is 1. The highest BCUT2D eigenvalue weighted by molar-refractivity contribution is 4.84. The van der Waals surface area contributed by atoms with Gasteiger partial charge in [0.2, 0.25) is 0 Å². The fourth-order valence-corrected chi connectivity index (χ4v) is 0.278. The lowest BCUT2D eigenvalue weighted by molar-refractivity contribution is 1.42. The van der Waals surface area contributed by atoms with Crippen LogP contribution >= 0.6 is 0 Å². The molecule has 1 aromatic rings. The zero-order chi connectivity index (χ0) is 5.54. The van der Waals surface area contributed by atoms with Gasteiger partial charge in [0, 0.05) is 19.0 Å². The first-order valence-corrected chi connectivity index (χ1v) is 1.84. The maximum atomic E-state index is 6.50. The van der Waals surface area contributed by atoms with Gasteiger partial charge in [-0.05, 0) is 12.1 Å². The third kappa shape index (κ3) is 2.58. The molecule has 0 radical (unpaired) electrons. The van der Waals surface area contributed by atoms with E-state index in [4.69, 9.17) is 5.26 Å². The minimum atomic E-state index is 1.88. The topological polar surface area (TPSA) is 39.6 Å². The third-order valence-corrected chi connectivity index (χ3v) is 0.496. The van der Waals surface area contributed by atoms with E-state index >= 15 is 0 Å². The first-order chi connectivity index (χ1) is 3.50. The Balaban J connectivity index is 0.000000162. The predicted molar refractivity (Wildman–Crippen MR) is 27.5 cm³/mol. The van der Waals surface area contributed by atoms with Gasteiger partial charge in [-0.3, -0.25) is 0 Å². The van der Waals surface area contributed by atoms with Crippen molar-refractivity contribution >= 4 is 0 Å². The highest BCUT2D eigenvalue weighted by Crippen LogP contribution is 1.72. The summed E-state index contributed by atoms with van der Waals surface area (Å²) in [5, 5.41) is 6.50. The molecule has 0 bridgehead atoms. The van der Waals surface area contributed by atoms with E-state index in [0.29, 0.717) is 0 Å². The molecule has 0 spiro atoms. The lowest BCUT2D eigenvalue weighted by Crippen LogP contribution is -1.38. The fourth-order valence-electron chi connectivity index (χ4n) is 0.278. The van der Waals surface area contributed by atoms with Gasteiger partial charge in [-0.1, -0.05) is 0 Å². The van der Waals surface area contributed by atoms with E-state index in [1.807, 2.05) is 24.5 Å². The number of aromatic amines is 1. The highest BCUT2D eigenvalue weighted by atomic mass is 14.6. The quantitative estimate of drug-likeness (QED) is 0.514. The molecule has 0 aliphatic rings. The van der Waals surface area contributed by atoms with E-state index in [0.717, 1.165) is 0 Å². The molecule has 1 aromatic heterocycles. The van der Waals surface area contributed by atoms with Crippen molar-refractivity contribution in [2.24, 2.45) is 0 Å². The van der Waals surface area contributed by atoms with Crippen LogP contribution in [0.2, 0.25) is 0 Å². The molecule has 0 unspecified atom stereocenters. The molecule has 0 aliphatic carbocycles. The highest BCUT2D eigenvalue weighted by Gasteiger charge is 1.55. The van der Waals surface area contributed by atoms with E-state index in [1.165, 1.54) is 0 Å². The number of nitriles is 1. The number of nitrogens with zero attached hydrogens (tertiary/aromatic N) is 1. The summed E-state index contributed by atoms with van der Waals surface area (Å²) in [5.74, 6) is 0. The zero-order valence-corrected chi connectivity index (χ0v) is 3.83. The molecule has 0 amide bonds. The largest absolute Gasteiger partial charge is 0.368 e. The van der Waals surface area contributed by atoms with Gasteiger partial charge >= 0.3 is 0 Å². The van der Waals surface area contributed by atoms with E-state index in [2.05, 4.69) is 11.6 Å². The molecule has 2 nitrogen and oxygen atoms in total. The molecule has 2 heteroatoms. The molecule has 0 fully saturated rings. The average molecular weight is 94.1 g/mol. The van der Waals surface area contributed by atoms with Crippen molar-refractivity contribution in [1.29, 1.82) is 5.26 Å². The van der Waals surface area contributed by atoms with Gasteiger partial charge in [-0.2, -0.15) is 0 Å². The van der Waals surface area contributed by atoms with Crippen molar-refractivity contribution in [3.8, 4) is 6.57 Å². The second-order valence-corrected chi connectivity index (χ2v) is 0.885. The first kappa shape index (κ1) is 5.77. The molecular weight excluding hydrogens is 88.1 g/mol. The Labute approximate surface area is 42.4 Å². The fraction of sp³-hybridized carbons (Fsp3) is 0. The van der Waals surface area contributed by atoms with Gasteiger partial charge in [0.25, 0.3) is 0 Å². The summed E-state index contributed by atoms with van der Waals surface area (Å²) in [5.41, 5.74) is 0. The van der Waals surface area contributed by atoms with Crippen molar-refractivity contribution in [2.75, 3.05) is 0 Å². The summed E-state index contributed by atoms with van der Waals surface area (Å²) < 4.78 is 0. The Morgan fingerprint density at radius 2 is 1.57 bits per heavy atom. The van der Waals surface area contributed by atoms with E-state index in [1.54, 1.807) is 0 Å². The van der Waals surface area contributed by atoms with Crippen LogP contribution in [-0.4, -0.2) is 4.98 Å². The van der Waals surface area contributed by atoms with Crippen molar-refractivity contribution in [3.05, 3.63) is 24.5 Å². The Morgan fingerprint density at radius 3 is 1.71 bits per heavy atom. The van der Waals surface area contributed by atoms with Crippen LogP contribution in [0.3, 0.4) is 0 Å². The number of hydrogen-bond acceptors (Lipinski definition) is 1. The molecule has 0 saturated heterocycles. The first-order valence-electron chi connectivity index (χ1n) is 1.84. The maximum Gasteiger partial charge on any atom is 0.0462 e. The molecule has 1 rings (SSSR count). The SMILES string of the molecule is C#N.c1cc[nH]c1. The van der Waals surface area contributed by atoms with Crippen molar-refractivity contribution in [1.82, 2.24) is 4.98 Å². The minimum Gasteiger partial charge on any atom is -0.368 e. The van der Waals surface area contributed by atoms with Gasteiger partial charge in [-0.15, -0.1) is 0 Å². The molecule has 0 saturated carbocycles. The maximum absolute atomic E-state index is 6.50. The molecule has 1 heterocycles. The Morgan fingerprint density at radius 1 is 1.14 bits per heavy atom. The smallest absolute Gasteiger partial charge is 0.0462 e. The van der Waals surface area contributed by atoms with Crippen molar-refractivity contribution < 1.29 is 0 Å². The van der Waals surface area contributed by atoms with Gasteiger partial charge in [0.15, 0.2) is 0 Å². The molecule has 0 aliphatic heterocycles. The standard InChI is InChI=1S/C4H5N.CHN/c1-2-4-5-3-1;1-2/h1-5H;1H. The lowest BCUT2D eigenvalue weighted by Gasteiger charge is -1.49. The molecule has 7 heavy (non-hydrogen) atoms. The normalized spacial score (nSPS) is 6.00. The van der Waals surface area contributed by atoms with E-state index < -0.39 is 0 Å². The van der Waals surface area contributed by atoms with Gasteiger partial charge in [-0.25, -0.2) is 5.26 Å². The second kappa shape index (κ2) is 4.77. The summed E-state index contributed by atoms with van der Waals surface area (Å²) in [7, 11) is 0. The Bertz CT molecular complexity index is 89.7. The summed E-state index contributed by atoms with van der Waals surface area (Å²) in [4.78, 5) is 2.86. The van der Waals surface area contributed by atoms with Crippen LogP contribution in [-0.2, 0) is 0 Å². The average Bonchev–Trinajstić information content (AvgIpc) is 2.23. The van der Waals surface area contributed by atoms with Crippen LogP contribution < -0.4 is 0 Å². The van der Waals surface area contributed by atoms with Crippen molar-refractivity contribution in [2.45, 2.75) is 0 Å². The summed E-state index contributed by atoms with van der Waals surface area (Å²) in [6, 6.07) is 3.89. The van der Waals surface area contributed by atoms with Crippen LogP contribution in [0.25, 0.3) is 0 Å². The minimum absolute atomic E-state index is 1.88. The molecule has 0 atom stereocenters. The van der Waals surface area contributed by atoms with Gasteiger partial charge in [0.05, 0.1) is 0 Å². The van der Waals surface area contributed by atoms with Crippen molar-refractivity contribution in [3.63, 3.8) is 0 Å². The van der Waals surface area contributed by atoms with E-state index in [9.17, 15) is 0 Å². The Kier molecular flexibility index (Phi) is 3.93.